The second-order valence-corrected chi connectivity index (χ2v) is 12.6. The zero-order valence-corrected chi connectivity index (χ0v) is 27.1. The van der Waals surface area contributed by atoms with Crippen LogP contribution < -0.4 is 0 Å². The molecule has 2 heterocycles. The van der Waals surface area contributed by atoms with Crippen LogP contribution in [0.3, 0.4) is 0 Å². The van der Waals surface area contributed by atoms with Crippen LogP contribution in [-0.2, 0) is 11.8 Å². The first-order valence-corrected chi connectivity index (χ1v) is 16.2. The molecule has 224 valence electrons. The lowest BCUT2D eigenvalue weighted by Gasteiger charge is -2.30. The second kappa shape index (κ2) is 11.3. The van der Waals surface area contributed by atoms with E-state index in [1.165, 1.54) is 55.5 Å². The average Bonchev–Trinajstić information content (AvgIpc) is 3.63. The molecule has 0 atom stereocenters. The van der Waals surface area contributed by atoms with Crippen LogP contribution in [0.25, 0.3) is 55.7 Å². The molecule has 0 saturated heterocycles. The highest BCUT2D eigenvalue weighted by Gasteiger charge is 2.27. The van der Waals surface area contributed by atoms with Crippen LogP contribution in [0.15, 0.2) is 112 Å². The van der Waals surface area contributed by atoms with E-state index in [1.54, 1.807) is 0 Å². The number of hydrogen-bond acceptors (Lipinski definition) is 2. The minimum Gasteiger partial charge on any atom is -0.460 e. The third kappa shape index (κ3) is 4.90. The summed E-state index contributed by atoms with van der Waals surface area (Å²) in [6, 6.07) is 37.1. The van der Waals surface area contributed by atoms with Crippen LogP contribution in [-0.4, -0.2) is 0 Å². The minimum absolute atomic E-state index is 0.134. The van der Waals surface area contributed by atoms with Crippen LogP contribution in [0.4, 0.5) is 0 Å². The molecule has 0 saturated carbocycles. The minimum atomic E-state index is -0.134. The van der Waals surface area contributed by atoms with Crippen molar-refractivity contribution in [2.45, 2.75) is 59.8 Å². The highest BCUT2D eigenvalue weighted by atomic mass is 16.3. The summed E-state index contributed by atoms with van der Waals surface area (Å²) >= 11 is 0. The molecule has 0 amide bonds. The van der Waals surface area contributed by atoms with Crippen molar-refractivity contribution >= 4 is 44.6 Å². The summed E-state index contributed by atoms with van der Waals surface area (Å²) in [5.41, 5.74) is 14.4. The van der Waals surface area contributed by atoms with Crippen LogP contribution >= 0.6 is 0 Å². The molecule has 7 aromatic rings. The van der Waals surface area contributed by atoms with Gasteiger partial charge in [-0.1, -0.05) is 107 Å². The summed E-state index contributed by atoms with van der Waals surface area (Å²) in [4.78, 5) is 0. The Labute approximate surface area is 266 Å². The van der Waals surface area contributed by atoms with E-state index in [9.17, 15) is 0 Å². The Bertz CT molecular complexity index is 2230. The molecule has 2 aromatic heterocycles. The van der Waals surface area contributed by atoms with Crippen LogP contribution in [0.1, 0.15) is 73.3 Å². The third-order valence-electron chi connectivity index (χ3n) is 9.53. The van der Waals surface area contributed by atoms with E-state index in [4.69, 9.17) is 8.83 Å². The van der Waals surface area contributed by atoms with Crippen molar-refractivity contribution in [2.75, 3.05) is 0 Å². The molecule has 1 aliphatic carbocycles. The highest BCUT2D eigenvalue weighted by molar-refractivity contribution is 6.06. The van der Waals surface area contributed by atoms with Gasteiger partial charge in [0.05, 0.1) is 0 Å². The zero-order chi connectivity index (χ0) is 31.3. The first kappa shape index (κ1) is 28.9. The largest absolute Gasteiger partial charge is 0.460 e. The lowest BCUT2D eigenvalue weighted by atomic mass is 9.73. The lowest BCUT2D eigenvalue weighted by molar-refractivity contribution is 0.548. The smallest absolute Gasteiger partial charge is 0.135 e. The van der Waals surface area contributed by atoms with Crippen LogP contribution in [0.5, 0.6) is 0 Å². The molecular formula is C43H40O2. The highest BCUT2D eigenvalue weighted by Crippen LogP contribution is 2.41. The number of hydrogen-bond donors (Lipinski definition) is 0. The van der Waals surface area contributed by atoms with Crippen LogP contribution in [0, 0.1) is 13.8 Å². The number of para-hydroxylation sites is 2. The van der Waals surface area contributed by atoms with E-state index in [2.05, 4.69) is 119 Å². The molecule has 8 rings (SSSR count). The van der Waals surface area contributed by atoms with E-state index < -0.39 is 0 Å². The van der Waals surface area contributed by atoms with Gasteiger partial charge in [0.15, 0.2) is 0 Å². The van der Waals surface area contributed by atoms with Crippen LogP contribution in [0.2, 0.25) is 0 Å². The molecule has 0 aliphatic heterocycles. The Balaban J connectivity index is 0.00000160. The van der Waals surface area contributed by atoms with Gasteiger partial charge in [-0.25, -0.2) is 0 Å². The molecule has 0 radical (unpaired) electrons. The normalized spacial score (nSPS) is 13.1. The summed E-state index contributed by atoms with van der Waals surface area (Å²) in [6.45, 7) is 13.2. The van der Waals surface area contributed by atoms with Crippen molar-refractivity contribution in [3.8, 4) is 11.1 Å². The fourth-order valence-electron chi connectivity index (χ4n) is 7.34. The maximum absolute atomic E-state index is 6.14. The molecule has 0 unspecified atom stereocenters. The molecule has 0 fully saturated rings. The monoisotopic (exact) mass is 588 g/mol. The Kier molecular flexibility index (Phi) is 7.25. The third-order valence-corrected chi connectivity index (χ3v) is 9.53. The van der Waals surface area contributed by atoms with Gasteiger partial charge < -0.3 is 8.83 Å². The quantitative estimate of drug-likeness (QED) is 0.204. The Hall–Kier alpha value is -4.82. The number of furan rings is 2. The van der Waals surface area contributed by atoms with Gasteiger partial charge in [0.25, 0.3) is 0 Å². The predicted octanol–water partition coefficient (Wildman–Crippen LogP) is 12.5. The van der Waals surface area contributed by atoms with Crippen molar-refractivity contribution in [1.29, 1.82) is 0 Å². The molecule has 1 aliphatic rings. The van der Waals surface area contributed by atoms with E-state index in [0.29, 0.717) is 0 Å². The summed E-state index contributed by atoms with van der Waals surface area (Å²) in [5.74, 6) is 1.11. The first-order valence-electron chi connectivity index (χ1n) is 16.2. The summed E-state index contributed by atoms with van der Waals surface area (Å²) in [7, 11) is 0. The van der Waals surface area contributed by atoms with Gasteiger partial charge in [-0.05, 0) is 95.1 Å². The Morgan fingerprint density at radius 2 is 1.09 bits per heavy atom. The summed E-state index contributed by atoms with van der Waals surface area (Å²) in [6.07, 6.45) is 4.28. The van der Waals surface area contributed by atoms with Crippen molar-refractivity contribution in [3.05, 3.63) is 142 Å². The Morgan fingerprint density at radius 1 is 0.533 bits per heavy atom. The molecule has 2 nitrogen and oxygen atoms in total. The standard InChI is InChI=1S/C41H34O2.C2H6/c1-25-21-27(29-15-19-39-33(23-29)31-9-5-7-11-37(31)42-39)13-17-35(25)41(3,4)36-18-14-28(22-26(36)2)30-16-20-40-34(24-30)32-10-6-8-12-38(32)43-40;1-2/h5-15,17-19,21-24H,16,20H2,1-4H3;1-2H3. The number of benzene rings is 5. The van der Waals surface area contributed by atoms with Gasteiger partial charge in [0, 0.05) is 33.6 Å². The van der Waals surface area contributed by atoms with E-state index in [-0.39, 0.29) is 5.41 Å². The topological polar surface area (TPSA) is 26.3 Å². The zero-order valence-electron chi connectivity index (χ0n) is 27.1. The molecule has 0 spiro atoms. The van der Waals surface area contributed by atoms with E-state index >= 15 is 0 Å². The molecule has 5 aromatic carbocycles. The first-order chi connectivity index (χ1) is 21.9. The lowest BCUT2D eigenvalue weighted by Crippen LogP contribution is -2.21. The number of fused-ring (bicyclic) bond motifs is 6. The fourth-order valence-corrected chi connectivity index (χ4v) is 7.34. The van der Waals surface area contributed by atoms with Crippen molar-refractivity contribution < 1.29 is 8.83 Å². The Morgan fingerprint density at radius 3 is 1.80 bits per heavy atom. The SMILES string of the molecule is CC.Cc1cc(C2=Cc3c(oc4ccccc34)CC2)ccc1C(C)(C)c1ccc(-c2ccc3oc4ccccc4c3c2)cc1C. The van der Waals surface area contributed by atoms with Gasteiger partial charge in [-0.2, -0.15) is 0 Å². The number of aryl methyl sites for hydroxylation is 3. The van der Waals surface area contributed by atoms with Gasteiger partial charge in [-0.15, -0.1) is 0 Å². The molecule has 2 heteroatoms. The van der Waals surface area contributed by atoms with E-state index in [1.807, 2.05) is 32.0 Å². The molecule has 45 heavy (non-hydrogen) atoms. The maximum atomic E-state index is 6.14. The average molecular weight is 589 g/mol. The summed E-state index contributed by atoms with van der Waals surface area (Å²) in [5, 5.41) is 3.53. The van der Waals surface area contributed by atoms with Crippen molar-refractivity contribution in [2.24, 2.45) is 0 Å². The van der Waals surface area contributed by atoms with E-state index in [0.717, 1.165) is 46.1 Å². The van der Waals surface area contributed by atoms with Crippen molar-refractivity contribution in [3.63, 3.8) is 0 Å². The van der Waals surface area contributed by atoms with Crippen molar-refractivity contribution in [1.82, 2.24) is 0 Å². The van der Waals surface area contributed by atoms with Gasteiger partial charge in [0.2, 0.25) is 0 Å². The van der Waals surface area contributed by atoms with Gasteiger partial charge >= 0.3 is 0 Å². The summed E-state index contributed by atoms with van der Waals surface area (Å²) < 4.78 is 12.2. The molecule has 0 N–H and O–H groups in total. The predicted molar refractivity (Wildman–Crippen MR) is 191 cm³/mol. The second-order valence-electron chi connectivity index (χ2n) is 12.6. The molecule has 0 bridgehead atoms. The number of allylic oxidation sites excluding steroid dienone is 1. The van der Waals surface area contributed by atoms with Gasteiger partial charge in [-0.3, -0.25) is 0 Å². The van der Waals surface area contributed by atoms with Gasteiger partial charge in [0.1, 0.15) is 22.5 Å². The number of rotatable bonds is 4. The maximum Gasteiger partial charge on any atom is 0.135 e. The fraction of sp³-hybridized carbons (Fsp3) is 0.209. The molecular weight excluding hydrogens is 548 g/mol.